The fraction of sp³-hybridized carbons (Fsp3) is 0.0556. The highest BCUT2D eigenvalue weighted by Crippen LogP contribution is 2.52. The van der Waals surface area contributed by atoms with E-state index in [-0.39, 0.29) is 5.41 Å². The van der Waals surface area contributed by atoms with E-state index in [2.05, 4.69) is 175 Å². The number of rotatable bonds is 6. The summed E-state index contributed by atoms with van der Waals surface area (Å²) in [4.78, 5) is 4.57. The van der Waals surface area contributed by atoms with Crippen LogP contribution in [-0.4, -0.2) is 0 Å². The van der Waals surface area contributed by atoms with Crippen LogP contribution in [0.25, 0.3) is 54.6 Å². The first-order chi connectivity index (χ1) is 28.5. The Morgan fingerprint density at radius 1 is 0.431 bits per heavy atom. The SMILES string of the molecule is CC1(C)c2ccccc2-c2ccc(N(c3ccccc3)c3cc4ccccc4c4cc(N(c5ccccc5)c5ccc6oc7ccccc7c6c5)c(C#N)cc34)cc21. The first-order valence-electron chi connectivity index (χ1n) is 19.7. The van der Waals surface area contributed by atoms with Crippen LogP contribution in [0.2, 0.25) is 0 Å². The molecule has 0 radical (unpaired) electrons. The highest BCUT2D eigenvalue weighted by Gasteiger charge is 2.36. The molecule has 0 amide bonds. The molecule has 1 heterocycles. The van der Waals surface area contributed by atoms with Crippen molar-refractivity contribution in [1.29, 1.82) is 5.26 Å². The molecule has 0 bridgehead atoms. The molecular weight excluding hydrogens is 707 g/mol. The summed E-state index contributed by atoms with van der Waals surface area (Å²) in [5, 5.41) is 17.5. The largest absolute Gasteiger partial charge is 0.456 e. The highest BCUT2D eigenvalue weighted by atomic mass is 16.3. The molecule has 1 aromatic heterocycles. The van der Waals surface area contributed by atoms with E-state index in [9.17, 15) is 5.26 Å². The van der Waals surface area contributed by atoms with Crippen LogP contribution < -0.4 is 9.80 Å². The molecule has 1 aliphatic rings. The lowest BCUT2D eigenvalue weighted by atomic mass is 9.82. The number of nitriles is 1. The molecule has 0 spiro atoms. The molecule has 0 aliphatic heterocycles. The van der Waals surface area contributed by atoms with E-state index >= 15 is 0 Å². The molecule has 11 rings (SSSR count). The van der Waals surface area contributed by atoms with Crippen molar-refractivity contribution in [2.24, 2.45) is 0 Å². The second-order valence-corrected chi connectivity index (χ2v) is 15.7. The van der Waals surface area contributed by atoms with Crippen molar-refractivity contribution in [1.82, 2.24) is 0 Å². The van der Waals surface area contributed by atoms with Gasteiger partial charge in [-0.1, -0.05) is 123 Å². The van der Waals surface area contributed by atoms with Crippen LogP contribution in [0.1, 0.15) is 30.5 Å². The molecule has 0 atom stereocenters. The van der Waals surface area contributed by atoms with Crippen molar-refractivity contribution in [2.75, 3.05) is 9.80 Å². The zero-order valence-electron chi connectivity index (χ0n) is 32.1. The predicted octanol–water partition coefficient (Wildman–Crippen LogP) is 15.0. The number of fused-ring (bicyclic) bond motifs is 9. The molecule has 1 aliphatic carbocycles. The molecular formula is C54H37N3O. The average Bonchev–Trinajstić information content (AvgIpc) is 3.75. The lowest BCUT2D eigenvalue weighted by Crippen LogP contribution is -2.16. The van der Waals surface area contributed by atoms with Crippen LogP contribution >= 0.6 is 0 Å². The summed E-state index contributed by atoms with van der Waals surface area (Å²) in [6.07, 6.45) is 0. The summed E-state index contributed by atoms with van der Waals surface area (Å²) in [5.74, 6) is 0. The quantitative estimate of drug-likeness (QED) is 0.159. The number of anilines is 6. The Morgan fingerprint density at radius 3 is 1.81 bits per heavy atom. The van der Waals surface area contributed by atoms with Crippen molar-refractivity contribution in [3.8, 4) is 17.2 Å². The van der Waals surface area contributed by atoms with Crippen LogP contribution in [-0.2, 0) is 5.41 Å². The Morgan fingerprint density at radius 2 is 1.03 bits per heavy atom. The smallest absolute Gasteiger partial charge is 0.135 e. The van der Waals surface area contributed by atoms with Gasteiger partial charge in [-0.3, -0.25) is 0 Å². The Hall–Kier alpha value is -7.61. The Bertz CT molecular complexity index is 3280. The van der Waals surface area contributed by atoms with Crippen LogP contribution in [0.5, 0.6) is 0 Å². The van der Waals surface area contributed by atoms with Gasteiger partial charge in [0.1, 0.15) is 17.2 Å². The van der Waals surface area contributed by atoms with Gasteiger partial charge in [0.25, 0.3) is 0 Å². The van der Waals surface area contributed by atoms with Gasteiger partial charge < -0.3 is 14.2 Å². The Labute approximate surface area is 337 Å². The van der Waals surface area contributed by atoms with E-state index in [0.717, 1.165) is 77.6 Å². The van der Waals surface area contributed by atoms with E-state index in [1.54, 1.807) is 0 Å². The number of nitrogens with zero attached hydrogens (tertiary/aromatic N) is 3. The van der Waals surface area contributed by atoms with Crippen molar-refractivity contribution < 1.29 is 4.42 Å². The standard InChI is InChI=1S/C54H37N3O/c1-54(2)48-23-13-11-21-42(48)43-27-25-40(32-49(43)54)57(38-18-7-4-8-19-38)51-30-35-15-9-10-20-41(35)45-33-50(36(34-55)29-46(45)51)56(37-16-5-3-6-17-37)39-26-28-53-47(31-39)44-22-12-14-24-52(44)58-53/h3-33H,1-2H3. The first-order valence-corrected chi connectivity index (χ1v) is 19.7. The number of benzene rings is 9. The molecule has 0 N–H and O–H groups in total. The van der Waals surface area contributed by atoms with Crippen LogP contribution in [0.4, 0.5) is 34.1 Å². The molecule has 10 aromatic rings. The lowest BCUT2D eigenvalue weighted by molar-refractivity contribution is 0.660. The molecule has 0 unspecified atom stereocenters. The van der Waals surface area contributed by atoms with Gasteiger partial charge in [-0.15, -0.1) is 0 Å². The highest BCUT2D eigenvalue weighted by molar-refractivity contribution is 6.16. The fourth-order valence-electron chi connectivity index (χ4n) is 9.27. The maximum absolute atomic E-state index is 11.1. The normalized spacial score (nSPS) is 12.8. The van der Waals surface area contributed by atoms with E-state index in [1.165, 1.54) is 22.3 Å². The van der Waals surface area contributed by atoms with Gasteiger partial charge >= 0.3 is 0 Å². The molecule has 58 heavy (non-hydrogen) atoms. The van der Waals surface area contributed by atoms with Gasteiger partial charge in [-0.05, 0) is 117 Å². The molecule has 0 fully saturated rings. The molecule has 9 aromatic carbocycles. The van der Waals surface area contributed by atoms with Crippen molar-refractivity contribution in [3.05, 3.63) is 205 Å². The topological polar surface area (TPSA) is 43.4 Å². The zero-order chi connectivity index (χ0) is 39.0. The van der Waals surface area contributed by atoms with Crippen molar-refractivity contribution in [3.63, 3.8) is 0 Å². The Balaban J connectivity index is 1.17. The third kappa shape index (κ3) is 5.14. The number of hydrogen-bond donors (Lipinski definition) is 0. The van der Waals surface area contributed by atoms with Gasteiger partial charge in [0.05, 0.1) is 16.9 Å². The summed E-state index contributed by atoms with van der Waals surface area (Å²) in [6, 6.07) is 68.8. The Kier molecular flexibility index (Phi) is 7.54. The third-order valence-corrected chi connectivity index (χ3v) is 12.0. The van der Waals surface area contributed by atoms with Gasteiger partial charge in [0.15, 0.2) is 0 Å². The average molecular weight is 744 g/mol. The second kappa shape index (κ2) is 13.0. The van der Waals surface area contributed by atoms with E-state index in [0.29, 0.717) is 5.56 Å². The monoisotopic (exact) mass is 743 g/mol. The minimum atomic E-state index is -0.161. The zero-order valence-corrected chi connectivity index (χ0v) is 32.1. The minimum Gasteiger partial charge on any atom is -0.456 e. The fourth-order valence-corrected chi connectivity index (χ4v) is 9.27. The summed E-state index contributed by atoms with van der Waals surface area (Å²) in [5.41, 5.74) is 13.1. The number of para-hydroxylation sites is 3. The molecule has 0 saturated carbocycles. The summed E-state index contributed by atoms with van der Waals surface area (Å²) in [7, 11) is 0. The van der Waals surface area contributed by atoms with Crippen LogP contribution in [0.3, 0.4) is 0 Å². The van der Waals surface area contributed by atoms with Gasteiger partial charge in [-0.25, -0.2) is 0 Å². The van der Waals surface area contributed by atoms with Gasteiger partial charge in [0.2, 0.25) is 0 Å². The molecule has 0 saturated heterocycles. The second-order valence-electron chi connectivity index (χ2n) is 15.7. The van der Waals surface area contributed by atoms with Crippen molar-refractivity contribution in [2.45, 2.75) is 19.3 Å². The summed E-state index contributed by atoms with van der Waals surface area (Å²) >= 11 is 0. The van der Waals surface area contributed by atoms with Crippen LogP contribution in [0, 0.1) is 11.3 Å². The van der Waals surface area contributed by atoms with E-state index in [4.69, 9.17) is 4.42 Å². The number of hydrogen-bond acceptors (Lipinski definition) is 4. The van der Waals surface area contributed by atoms with Crippen molar-refractivity contribution >= 4 is 77.6 Å². The first kappa shape index (κ1) is 33.7. The van der Waals surface area contributed by atoms with Gasteiger partial charge in [-0.2, -0.15) is 5.26 Å². The maximum Gasteiger partial charge on any atom is 0.135 e. The predicted molar refractivity (Wildman–Crippen MR) is 240 cm³/mol. The third-order valence-electron chi connectivity index (χ3n) is 12.0. The van der Waals surface area contributed by atoms with Crippen LogP contribution in [0.15, 0.2) is 192 Å². The maximum atomic E-state index is 11.1. The summed E-state index contributed by atoms with van der Waals surface area (Å²) < 4.78 is 6.23. The lowest BCUT2D eigenvalue weighted by Gasteiger charge is -2.30. The number of furan rings is 1. The summed E-state index contributed by atoms with van der Waals surface area (Å²) in [6.45, 7) is 4.65. The molecule has 4 nitrogen and oxygen atoms in total. The molecule has 274 valence electrons. The van der Waals surface area contributed by atoms with E-state index < -0.39 is 0 Å². The molecule has 4 heteroatoms. The van der Waals surface area contributed by atoms with E-state index in [1.807, 2.05) is 42.5 Å². The minimum absolute atomic E-state index is 0.161. The van der Waals surface area contributed by atoms with Gasteiger partial charge in [0, 0.05) is 44.3 Å².